The molecule has 0 aromatic carbocycles. The lowest BCUT2D eigenvalue weighted by Gasteiger charge is -2.13. The van der Waals surface area contributed by atoms with Gasteiger partial charge in [0, 0.05) is 6.21 Å². The Kier molecular flexibility index (Phi) is 6.29. The Morgan fingerprint density at radius 1 is 1.38 bits per heavy atom. The van der Waals surface area contributed by atoms with Crippen molar-refractivity contribution in [2.75, 3.05) is 0 Å². The molecule has 0 rings (SSSR count). The van der Waals surface area contributed by atoms with Crippen LogP contribution in [0.2, 0.25) is 0 Å². The Hall–Kier alpha value is -0.790. The Morgan fingerprint density at radius 3 is 2.31 bits per heavy atom. The summed E-state index contributed by atoms with van der Waals surface area (Å²) < 4.78 is 0. The van der Waals surface area contributed by atoms with E-state index in [-0.39, 0.29) is 0 Å². The summed E-state index contributed by atoms with van der Waals surface area (Å²) in [6.07, 6.45) is 5.59. The predicted molar refractivity (Wildman–Crippen MR) is 60.0 cm³/mol. The first-order valence-electron chi connectivity index (χ1n) is 5.09. The molecule has 0 bridgehead atoms. The highest BCUT2D eigenvalue weighted by Crippen LogP contribution is 2.10. The van der Waals surface area contributed by atoms with E-state index in [2.05, 4.69) is 32.7 Å². The van der Waals surface area contributed by atoms with Gasteiger partial charge < -0.3 is 5.73 Å². The highest BCUT2D eigenvalue weighted by atomic mass is 14.8. The second-order valence-electron chi connectivity index (χ2n) is 3.59. The van der Waals surface area contributed by atoms with Gasteiger partial charge in [-0.05, 0) is 30.5 Å². The fraction of sp³-hybridized carbons (Fsp3) is 0.727. The molecule has 1 atom stereocenters. The highest BCUT2D eigenvalue weighted by Gasteiger charge is 2.07. The van der Waals surface area contributed by atoms with Crippen LogP contribution in [0.3, 0.4) is 0 Å². The summed E-state index contributed by atoms with van der Waals surface area (Å²) in [6, 6.07) is 0.432. The van der Waals surface area contributed by atoms with Crippen molar-refractivity contribution in [3.8, 4) is 0 Å². The number of rotatable bonds is 5. The van der Waals surface area contributed by atoms with Crippen molar-refractivity contribution in [1.82, 2.24) is 0 Å². The maximum Gasteiger partial charge on any atom is 0.0520 e. The van der Waals surface area contributed by atoms with Gasteiger partial charge >= 0.3 is 0 Å². The van der Waals surface area contributed by atoms with E-state index in [0.29, 0.717) is 12.0 Å². The van der Waals surface area contributed by atoms with E-state index in [1.807, 2.05) is 6.21 Å². The lowest BCUT2D eigenvalue weighted by Crippen LogP contribution is -2.11. The van der Waals surface area contributed by atoms with Crippen LogP contribution in [0.4, 0.5) is 0 Å². The van der Waals surface area contributed by atoms with Crippen LogP contribution in [0, 0.1) is 5.92 Å². The molecule has 0 saturated heterocycles. The number of nitrogens with two attached hydrogens (primary N) is 1. The van der Waals surface area contributed by atoms with Gasteiger partial charge in [-0.1, -0.05) is 27.7 Å². The van der Waals surface area contributed by atoms with E-state index in [1.165, 1.54) is 0 Å². The molecule has 0 radical (unpaired) electrons. The molecule has 2 heteroatoms. The molecule has 13 heavy (non-hydrogen) atoms. The van der Waals surface area contributed by atoms with Crippen LogP contribution in [0.5, 0.6) is 0 Å². The zero-order chi connectivity index (χ0) is 10.3. The molecule has 76 valence electrons. The molecular weight excluding hydrogens is 160 g/mol. The minimum atomic E-state index is 0.432. The summed E-state index contributed by atoms with van der Waals surface area (Å²) in [6.45, 7) is 8.65. The lowest BCUT2D eigenvalue weighted by atomic mass is 10.0. The van der Waals surface area contributed by atoms with Gasteiger partial charge in [-0.15, -0.1) is 0 Å². The van der Waals surface area contributed by atoms with Crippen LogP contribution in [0.1, 0.15) is 40.5 Å². The van der Waals surface area contributed by atoms with Crippen LogP contribution >= 0.6 is 0 Å². The predicted octanol–water partition coefficient (Wildman–Crippen LogP) is 2.74. The quantitative estimate of drug-likeness (QED) is 0.652. The van der Waals surface area contributed by atoms with Crippen molar-refractivity contribution in [2.45, 2.75) is 46.6 Å². The van der Waals surface area contributed by atoms with Gasteiger partial charge in [0.2, 0.25) is 0 Å². The van der Waals surface area contributed by atoms with Gasteiger partial charge in [-0.3, -0.25) is 4.99 Å². The monoisotopic (exact) mass is 182 g/mol. The summed E-state index contributed by atoms with van der Waals surface area (Å²) >= 11 is 0. The molecule has 1 unspecified atom stereocenters. The van der Waals surface area contributed by atoms with Crippen molar-refractivity contribution in [3.63, 3.8) is 0 Å². The van der Waals surface area contributed by atoms with Crippen molar-refractivity contribution in [1.29, 1.82) is 0 Å². The Balaban J connectivity index is 4.21. The van der Waals surface area contributed by atoms with Crippen LogP contribution in [0.25, 0.3) is 0 Å². The zero-order valence-corrected chi connectivity index (χ0v) is 9.25. The minimum Gasteiger partial charge on any atom is -0.404 e. The van der Waals surface area contributed by atoms with Gasteiger partial charge in [0.1, 0.15) is 0 Å². The Bertz CT molecular complexity index is 181. The third-order valence-corrected chi connectivity index (χ3v) is 2.24. The SMILES string of the molecule is CCC(/C=N\C(CC)C(C)C)=C/N. The molecule has 0 saturated carbocycles. The molecule has 0 aliphatic heterocycles. The third-order valence-electron chi connectivity index (χ3n) is 2.24. The first-order chi connectivity index (χ1) is 6.15. The summed E-state index contributed by atoms with van der Waals surface area (Å²) in [5, 5.41) is 0. The second kappa shape index (κ2) is 6.70. The average Bonchev–Trinajstić information content (AvgIpc) is 2.12. The van der Waals surface area contributed by atoms with Crippen LogP contribution < -0.4 is 5.73 Å². The number of nitrogens with zero attached hydrogens (tertiary/aromatic N) is 1. The van der Waals surface area contributed by atoms with Gasteiger partial charge in [-0.2, -0.15) is 0 Å². The van der Waals surface area contributed by atoms with Crippen molar-refractivity contribution in [2.24, 2.45) is 16.6 Å². The largest absolute Gasteiger partial charge is 0.404 e. The normalized spacial score (nSPS) is 15.6. The van der Waals surface area contributed by atoms with Crippen LogP contribution in [-0.2, 0) is 0 Å². The highest BCUT2D eigenvalue weighted by molar-refractivity contribution is 5.78. The van der Waals surface area contributed by atoms with Gasteiger partial charge in [0.05, 0.1) is 6.04 Å². The van der Waals surface area contributed by atoms with E-state index < -0.39 is 0 Å². The molecule has 0 fully saturated rings. The topological polar surface area (TPSA) is 38.4 Å². The first-order valence-corrected chi connectivity index (χ1v) is 5.09. The van der Waals surface area contributed by atoms with E-state index >= 15 is 0 Å². The van der Waals surface area contributed by atoms with Crippen LogP contribution in [-0.4, -0.2) is 12.3 Å². The molecule has 0 aromatic rings. The Morgan fingerprint density at radius 2 is 2.00 bits per heavy atom. The number of hydrogen-bond donors (Lipinski definition) is 1. The molecule has 2 nitrogen and oxygen atoms in total. The second-order valence-corrected chi connectivity index (χ2v) is 3.59. The summed E-state index contributed by atoms with van der Waals surface area (Å²) in [7, 11) is 0. The van der Waals surface area contributed by atoms with Gasteiger partial charge in [0.25, 0.3) is 0 Å². The maximum atomic E-state index is 5.43. The molecule has 0 amide bonds. The van der Waals surface area contributed by atoms with E-state index in [1.54, 1.807) is 6.20 Å². The smallest absolute Gasteiger partial charge is 0.0520 e. The molecule has 0 aliphatic carbocycles. The van der Waals surface area contributed by atoms with Crippen molar-refractivity contribution >= 4 is 6.21 Å². The summed E-state index contributed by atoms with van der Waals surface area (Å²) in [4.78, 5) is 4.51. The van der Waals surface area contributed by atoms with Gasteiger partial charge in [0.15, 0.2) is 0 Å². The molecule has 0 heterocycles. The molecule has 0 aliphatic rings. The van der Waals surface area contributed by atoms with Gasteiger partial charge in [-0.25, -0.2) is 0 Å². The Labute approximate surface area is 81.9 Å². The first kappa shape index (κ1) is 12.2. The standard InChI is InChI=1S/C11H22N2/c1-5-10(7-12)8-13-11(6-2)9(3)4/h7-9,11H,5-6,12H2,1-4H3/b10-7-,13-8-. The van der Waals surface area contributed by atoms with E-state index in [4.69, 9.17) is 5.73 Å². The molecule has 0 spiro atoms. The number of hydrogen-bond acceptors (Lipinski definition) is 2. The van der Waals surface area contributed by atoms with E-state index in [0.717, 1.165) is 18.4 Å². The fourth-order valence-corrected chi connectivity index (χ4v) is 1.19. The fourth-order valence-electron chi connectivity index (χ4n) is 1.19. The number of aliphatic imine (C=N–C) groups is 1. The average molecular weight is 182 g/mol. The summed E-state index contributed by atoms with van der Waals surface area (Å²) in [5.74, 6) is 0.608. The minimum absolute atomic E-state index is 0.432. The van der Waals surface area contributed by atoms with Crippen molar-refractivity contribution < 1.29 is 0 Å². The van der Waals surface area contributed by atoms with E-state index in [9.17, 15) is 0 Å². The molecular formula is C11H22N2. The third kappa shape index (κ3) is 4.71. The zero-order valence-electron chi connectivity index (χ0n) is 9.25. The lowest BCUT2D eigenvalue weighted by molar-refractivity contribution is 0.485. The van der Waals surface area contributed by atoms with Crippen LogP contribution in [0.15, 0.2) is 16.8 Å². The summed E-state index contributed by atoms with van der Waals surface area (Å²) in [5.41, 5.74) is 6.54. The number of allylic oxidation sites excluding steroid dienone is 1. The molecule has 0 aromatic heterocycles. The molecule has 2 N–H and O–H groups in total. The maximum absolute atomic E-state index is 5.43. The van der Waals surface area contributed by atoms with Crippen molar-refractivity contribution in [3.05, 3.63) is 11.8 Å².